The van der Waals surface area contributed by atoms with Crippen molar-refractivity contribution >= 4 is 22.5 Å². The Labute approximate surface area is 139 Å². The molecule has 0 radical (unpaired) electrons. The maximum atomic E-state index is 13.3. The van der Waals surface area contributed by atoms with Gasteiger partial charge in [-0.25, -0.2) is 4.39 Å². The SMILES string of the molecule is Fc1cncc(CCn2c3c(c4cc(Cl)ccc42)CNCC3)c1. The highest BCUT2D eigenvalue weighted by Crippen LogP contribution is 2.31. The molecule has 118 valence electrons. The van der Waals surface area contributed by atoms with Crippen molar-refractivity contribution in [3.8, 4) is 0 Å². The van der Waals surface area contributed by atoms with Gasteiger partial charge in [-0.2, -0.15) is 0 Å². The van der Waals surface area contributed by atoms with Gasteiger partial charge >= 0.3 is 0 Å². The quantitative estimate of drug-likeness (QED) is 0.793. The molecule has 0 aliphatic carbocycles. The normalized spacial score (nSPS) is 14.2. The molecule has 5 heteroatoms. The summed E-state index contributed by atoms with van der Waals surface area (Å²) in [4.78, 5) is 3.93. The van der Waals surface area contributed by atoms with Crippen LogP contribution in [0.25, 0.3) is 10.9 Å². The number of halogens is 2. The fourth-order valence-corrected chi connectivity index (χ4v) is 3.61. The van der Waals surface area contributed by atoms with Gasteiger partial charge in [0.2, 0.25) is 0 Å². The largest absolute Gasteiger partial charge is 0.344 e. The predicted octanol–water partition coefficient (Wildman–Crippen LogP) is 3.72. The summed E-state index contributed by atoms with van der Waals surface area (Å²) >= 11 is 6.18. The monoisotopic (exact) mass is 329 g/mol. The lowest BCUT2D eigenvalue weighted by atomic mass is 10.1. The van der Waals surface area contributed by atoms with E-state index in [0.717, 1.165) is 43.1 Å². The van der Waals surface area contributed by atoms with Crippen LogP contribution in [0.5, 0.6) is 0 Å². The first-order chi connectivity index (χ1) is 11.2. The van der Waals surface area contributed by atoms with Gasteiger partial charge in [-0.1, -0.05) is 11.6 Å². The third-order valence-electron chi connectivity index (χ3n) is 4.47. The lowest BCUT2D eigenvalue weighted by Gasteiger charge is -2.17. The van der Waals surface area contributed by atoms with Crippen molar-refractivity contribution in [2.45, 2.75) is 25.9 Å². The molecule has 0 atom stereocenters. The first kappa shape index (κ1) is 14.7. The standard InChI is InChI=1S/C18H17ClFN3/c19-13-1-2-17-15(8-13)16-11-21-5-3-18(16)23(17)6-4-12-7-14(20)10-22-9-12/h1-2,7-10,21H,3-6,11H2. The van der Waals surface area contributed by atoms with E-state index in [-0.39, 0.29) is 5.82 Å². The molecule has 3 aromatic rings. The Kier molecular flexibility index (Phi) is 3.79. The predicted molar refractivity (Wildman–Crippen MR) is 90.3 cm³/mol. The molecule has 1 aliphatic heterocycles. The minimum absolute atomic E-state index is 0.280. The van der Waals surface area contributed by atoms with Crippen molar-refractivity contribution < 1.29 is 4.39 Å². The van der Waals surface area contributed by atoms with E-state index in [1.807, 2.05) is 12.1 Å². The van der Waals surface area contributed by atoms with E-state index in [0.29, 0.717) is 0 Å². The van der Waals surface area contributed by atoms with Crippen molar-refractivity contribution in [1.82, 2.24) is 14.9 Å². The number of nitrogens with one attached hydrogen (secondary N) is 1. The van der Waals surface area contributed by atoms with Crippen molar-refractivity contribution in [1.29, 1.82) is 0 Å². The smallest absolute Gasteiger partial charge is 0.141 e. The van der Waals surface area contributed by atoms with E-state index < -0.39 is 0 Å². The number of rotatable bonds is 3. The maximum Gasteiger partial charge on any atom is 0.141 e. The summed E-state index contributed by atoms with van der Waals surface area (Å²) in [7, 11) is 0. The van der Waals surface area contributed by atoms with Gasteiger partial charge < -0.3 is 9.88 Å². The number of hydrogen-bond acceptors (Lipinski definition) is 2. The summed E-state index contributed by atoms with van der Waals surface area (Å²) in [6, 6.07) is 7.62. The second-order valence-corrected chi connectivity index (χ2v) is 6.36. The van der Waals surface area contributed by atoms with E-state index >= 15 is 0 Å². The molecule has 0 amide bonds. The average molecular weight is 330 g/mol. The van der Waals surface area contributed by atoms with Crippen molar-refractivity contribution in [3.63, 3.8) is 0 Å². The number of pyridine rings is 1. The van der Waals surface area contributed by atoms with Crippen molar-refractivity contribution in [2.75, 3.05) is 6.54 Å². The van der Waals surface area contributed by atoms with Gasteiger partial charge in [0.1, 0.15) is 5.82 Å². The molecule has 1 aliphatic rings. The van der Waals surface area contributed by atoms with Crippen LogP contribution < -0.4 is 5.32 Å². The number of aryl methyl sites for hydroxylation is 2. The summed E-state index contributed by atoms with van der Waals surface area (Å²) < 4.78 is 15.7. The zero-order valence-corrected chi connectivity index (χ0v) is 13.4. The van der Waals surface area contributed by atoms with Crippen LogP contribution in [0.4, 0.5) is 4.39 Å². The second kappa shape index (κ2) is 5.95. The molecule has 0 unspecified atom stereocenters. The number of fused-ring (bicyclic) bond motifs is 3. The molecule has 0 spiro atoms. The molecular formula is C18H17ClFN3. The molecule has 1 N–H and O–H groups in total. The third-order valence-corrected chi connectivity index (χ3v) is 4.71. The van der Waals surface area contributed by atoms with Crippen LogP contribution in [0.3, 0.4) is 0 Å². The van der Waals surface area contributed by atoms with Crippen molar-refractivity contribution in [3.05, 3.63) is 64.3 Å². The Bertz CT molecular complexity index is 872. The van der Waals surface area contributed by atoms with E-state index in [1.165, 1.54) is 28.4 Å². The molecular weight excluding hydrogens is 313 g/mol. The summed E-state index contributed by atoms with van der Waals surface area (Å²) in [5.41, 5.74) is 4.83. The first-order valence-corrected chi connectivity index (χ1v) is 8.20. The van der Waals surface area contributed by atoms with Gasteiger partial charge in [-0.05, 0) is 41.8 Å². The van der Waals surface area contributed by atoms with Gasteiger partial charge in [0.25, 0.3) is 0 Å². The Balaban J connectivity index is 1.74. The molecule has 0 saturated heterocycles. The third kappa shape index (κ3) is 2.73. The van der Waals surface area contributed by atoms with E-state index in [9.17, 15) is 4.39 Å². The van der Waals surface area contributed by atoms with Crippen LogP contribution >= 0.6 is 11.6 Å². The van der Waals surface area contributed by atoms with E-state index in [2.05, 4.69) is 20.9 Å². The van der Waals surface area contributed by atoms with Crippen LogP contribution in [-0.2, 0) is 25.9 Å². The van der Waals surface area contributed by atoms with Gasteiger partial charge in [0, 0.05) is 53.9 Å². The highest BCUT2D eigenvalue weighted by molar-refractivity contribution is 6.31. The summed E-state index contributed by atoms with van der Waals surface area (Å²) in [6.45, 7) is 2.68. The van der Waals surface area contributed by atoms with Crippen LogP contribution in [-0.4, -0.2) is 16.1 Å². The number of hydrogen-bond donors (Lipinski definition) is 1. The number of aromatic nitrogens is 2. The molecule has 0 saturated carbocycles. The topological polar surface area (TPSA) is 29.9 Å². The van der Waals surface area contributed by atoms with Crippen LogP contribution in [0, 0.1) is 5.82 Å². The van der Waals surface area contributed by atoms with Gasteiger partial charge in [0.15, 0.2) is 0 Å². The second-order valence-electron chi connectivity index (χ2n) is 5.93. The molecule has 23 heavy (non-hydrogen) atoms. The molecule has 2 aromatic heterocycles. The Morgan fingerprint density at radius 2 is 2.17 bits per heavy atom. The zero-order valence-electron chi connectivity index (χ0n) is 12.6. The zero-order chi connectivity index (χ0) is 15.8. The fourth-order valence-electron chi connectivity index (χ4n) is 3.44. The fraction of sp³-hybridized carbons (Fsp3) is 0.278. The van der Waals surface area contributed by atoms with E-state index in [4.69, 9.17) is 11.6 Å². The maximum absolute atomic E-state index is 13.3. The Morgan fingerprint density at radius 3 is 3.04 bits per heavy atom. The average Bonchev–Trinajstić information content (AvgIpc) is 2.86. The molecule has 0 fully saturated rings. The van der Waals surface area contributed by atoms with E-state index in [1.54, 1.807) is 12.3 Å². The number of benzene rings is 1. The van der Waals surface area contributed by atoms with Gasteiger partial charge in [-0.3, -0.25) is 4.98 Å². The lowest BCUT2D eigenvalue weighted by molar-refractivity contribution is 0.590. The number of nitrogens with zero attached hydrogens (tertiary/aromatic N) is 2. The van der Waals surface area contributed by atoms with Crippen molar-refractivity contribution in [2.24, 2.45) is 0 Å². The summed E-state index contributed by atoms with van der Waals surface area (Å²) in [5.74, 6) is -0.280. The molecule has 3 heterocycles. The minimum Gasteiger partial charge on any atom is -0.344 e. The lowest BCUT2D eigenvalue weighted by Crippen LogP contribution is -2.24. The molecule has 1 aromatic carbocycles. The molecule has 0 bridgehead atoms. The van der Waals surface area contributed by atoms with Crippen LogP contribution in [0.15, 0.2) is 36.7 Å². The van der Waals surface area contributed by atoms with Crippen LogP contribution in [0.1, 0.15) is 16.8 Å². The highest BCUT2D eigenvalue weighted by Gasteiger charge is 2.19. The van der Waals surface area contributed by atoms with Gasteiger partial charge in [-0.15, -0.1) is 0 Å². The summed E-state index contributed by atoms with van der Waals surface area (Å²) in [5, 5.41) is 5.41. The molecule has 4 rings (SSSR count). The summed E-state index contributed by atoms with van der Waals surface area (Å²) in [6.07, 6.45) is 4.74. The van der Waals surface area contributed by atoms with Crippen LogP contribution in [0.2, 0.25) is 5.02 Å². The Morgan fingerprint density at radius 1 is 1.26 bits per heavy atom. The minimum atomic E-state index is -0.280. The highest BCUT2D eigenvalue weighted by atomic mass is 35.5. The molecule has 3 nitrogen and oxygen atoms in total. The van der Waals surface area contributed by atoms with Gasteiger partial charge in [0.05, 0.1) is 6.20 Å². The Hall–Kier alpha value is -1.91. The first-order valence-electron chi connectivity index (χ1n) is 7.82.